The Labute approximate surface area is 94.4 Å². The van der Waals surface area contributed by atoms with E-state index >= 15 is 0 Å². The second kappa shape index (κ2) is 5.27. The highest BCUT2D eigenvalue weighted by Gasteiger charge is 2.16. The summed E-state index contributed by atoms with van der Waals surface area (Å²) in [7, 11) is 0. The molecule has 0 aromatic heterocycles. The van der Waals surface area contributed by atoms with Crippen molar-refractivity contribution < 1.29 is 0 Å². The average Bonchev–Trinajstić information content (AvgIpc) is 2.19. The highest BCUT2D eigenvalue weighted by atomic mass is 35.5. The number of hydrogen-bond donors (Lipinski definition) is 1. The van der Waals surface area contributed by atoms with E-state index in [-0.39, 0.29) is 12.4 Å². The zero-order valence-electron chi connectivity index (χ0n) is 7.72. The molecule has 0 bridgehead atoms. The number of amidine groups is 1. The van der Waals surface area contributed by atoms with E-state index in [1.54, 1.807) is 11.8 Å². The monoisotopic (exact) mass is 228 g/mol. The molecule has 2 N–H and O–H groups in total. The van der Waals surface area contributed by atoms with Crippen molar-refractivity contribution in [2.45, 2.75) is 11.7 Å². The van der Waals surface area contributed by atoms with Crippen molar-refractivity contribution in [2.75, 3.05) is 6.54 Å². The first kappa shape index (κ1) is 11.4. The van der Waals surface area contributed by atoms with E-state index < -0.39 is 0 Å². The first-order chi connectivity index (χ1) is 6.36. The van der Waals surface area contributed by atoms with Crippen LogP contribution in [-0.2, 0) is 0 Å². The van der Waals surface area contributed by atoms with Crippen LogP contribution in [0.2, 0.25) is 0 Å². The standard InChI is InChI=1S/C10H12N2S.ClH/c11-10-12-7-6-9(13-10)8-4-2-1-3-5-8;/h1-5,9H,6-7H2,(H2,11,12);1H. The molecule has 1 aromatic rings. The Hall–Kier alpha value is -0.670. The average molecular weight is 229 g/mol. The second-order valence-electron chi connectivity index (χ2n) is 3.03. The Bertz CT molecular complexity index is 313. The van der Waals surface area contributed by atoms with Gasteiger partial charge in [-0.3, -0.25) is 4.99 Å². The third kappa shape index (κ3) is 2.66. The van der Waals surface area contributed by atoms with Gasteiger partial charge in [-0.25, -0.2) is 0 Å². The van der Waals surface area contributed by atoms with E-state index in [9.17, 15) is 0 Å². The van der Waals surface area contributed by atoms with Gasteiger partial charge >= 0.3 is 0 Å². The summed E-state index contributed by atoms with van der Waals surface area (Å²) in [5, 5.41) is 1.22. The van der Waals surface area contributed by atoms with Gasteiger partial charge in [0, 0.05) is 11.8 Å². The first-order valence-corrected chi connectivity index (χ1v) is 5.26. The van der Waals surface area contributed by atoms with Crippen LogP contribution in [0, 0.1) is 0 Å². The summed E-state index contributed by atoms with van der Waals surface area (Å²) >= 11 is 1.67. The first-order valence-electron chi connectivity index (χ1n) is 4.38. The maximum absolute atomic E-state index is 5.68. The van der Waals surface area contributed by atoms with E-state index in [4.69, 9.17) is 5.73 Å². The molecule has 2 rings (SSSR count). The molecule has 14 heavy (non-hydrogen) atoms. The fourth-order valence-corrected chi connectivity index (χ4v) is 2.41. The summed E-state index contributed by atoms with van der Waals surface area (Å²) in [6, 6.07) is 10.5. The minimum absolute atomic E-state index is 0. The van der Waals surface area contributed by atoms with Gasteiger partial charge in [-0.1, -0.05) is 42.1 Å². The molecule has 0 fully saturated rings. The molecular formula is C10H13ClN2S. The van der Waals surface area contributed by atoms with Crippen LogP contribution in [-0.4, -0.2) is 11.7 Å². The number of nitrogens with two attached hydrogens (primary N) is 1. The van der Waals surface area contributed by atoms with Crippen molar-refractivity contribution in [3.05, 3.63) is 35.9 Å². The Balaban J connectivity index is 0.000000980. The highest BCUT2D eigenvalue weighted by molar-refractivity contribution is 8.14. The van der Waals surface area contributed by atoms with E-state index in [0.717, 1.165) is 18.1 Å². The van der Waals surface area contributed by atoms with Crippen LogP contribution in [0.25, 0.3) is 0 Å². The van der Waals surface area contributed by atoms with Gasteiger partial charge in [0.2, 0.25) is 0 Å². The zero-order valence-corrected chi connectivity index (χ0v) is 9.35. The van der Waals surface area contributed by atoms with Gasteiger partial charge in [0.25, 0.3) is 0 Å². The normalized spacial score (nSPS) is 20.9. The minimum atomic E-state index is 0. The third-order valence-electron chi connectivity index (χ3n) is 2.09. The maximum atomic E-state index is 5.68. The zero-order chi connectivity index (χ0) is 9.10. The van der Waals surface area contributed by atoms with Crippen LogP contribution in [0.1, 0.15) is 17.2 Å². The number of rotatable bonds is 1. The maximum Gasteiger partial charge on any atom is 0.154 e. The molecule has 0 aliphatic carbocycles. The molecule has 1 aliphatic heterocycles. The van der Waals surface area contributed by atoms with E-state index in [1.807, 2.05) is 6.07 Å². The van der Waals surface area contributed by atoms with Crippen molar-refractivity contribution in [1.82, 2.24) is 0 Å². The Morgan fingerprint density at radius 1 is 1.29 bits per heavy atom. The molecule has 1 aromatic carbocycles. The number of thioether (sulfide) groups is 1. The summed E-state index contributed by atoms with van der Waals surface area (Å²) in [5.74, 6) is 0. The van der Waals surface area contributed by atoms with E-state index in [1.165, 1.54) is 5.56 Å². The molecular weight excluding hydrogens is 216 g/mol. The van der Waals surface area contributed by atoms with Crippen LogP contribution in [0.3, 0.4) is 0 Å². The highest BCUT2D eigenvalue weighted by Crippen LogP contribution is 2.34. The third-order valence-corrected chi connectivity index (χ3v) is 3.26. The van der Waals surface area contributed by atoms with Crippen molar-refractivity contribution >= 4 is 29.3 Å². The lowest BCUT2D eigenvalue weighted by molar-refractivity contribution is 0.809. The summed E-state index contributed by atoms with van der Waals surface area (Å²) in [5.41, 5.74) is 7.03. The molecule has 0 saturated heterocycles. The van der Waals surface area contributed by atoms with Gasteiger partial charge in [0.15, 0.2) is 5.17 Å². The van der Waals surface area contributed by atoms with Gasteiger partial charge < -0.3 is 5.73 Å². The minimum Gasteiger partial charge on any atom is -0.379 e. The number of hydrogen-bond acceptors (Lipinski definition) is 3. The van der Waals surface area contributed by atoms with Crippen LogP contribution in [0.5, 0.6) is 0 Å². The van der Waals surface area contributed by atoms with Crippen molar-refractivity contribution in [3.63, 3.8) is 0 Å². The number of nitrogens with zero attached hydrogens (tertiary/aromatic N) is 1. The molecule has 1 heterocycles. The molecule has 76 valence electrons. The lowest BCUT2D eigenvalue weighted by Crippen LogP contribution is -2.15. The molecule has 1 aliphatic rings. The van der Waals surface area contributed by atoms with Crippen LogP contribution in [0.4, 0.5) is 0 Å². The second-order valence-corrected chi connectivity index (χ2v) is 4.25. The topological polar surface area (TPSA) is 38.4 Å². The molecule has 2 nitrogen and oxygen atoms in total. The lowest BCUT2D eigenvalue weighted by atomic mass is 10.1. The van der Waals surface area contributed by atoms with E-state index in [2.05, 4.69) is 29.3 Å². The molecule has 0 amide bonds. The predicted octanol–water partition coefficient (Wildman–Crippen LogP) is 2.60. The predicted molar refractivity (Wildman–Crippen MR) is 65.1 cm³/mol. The largest absolute Gasteiger partial charge is 0.379 e. The van der Waals surface area contributed by atoms with Gasteiger partial charge in [0.05, 0.1) is 0 Å². The van der Waals surface area contributed by atoms with Crippen molar-refractivity contribution in [1.29, 1.82) is 0 Å². The van der Waals surface area contributed by atoms with Gasteiger partial charge in [0.1, 0.15) is 0 Å². The number of aliphatic imine (C=N–C) groups is 1. The summed E-state index contributed by atoms with van der Waals surface area (Å²) < 4.78 is 0. The fraction of sp³-hybridized carbons (Fsp3) is 0.300. The van der Waals surface area contributed by atoms with Gasteiger partial charge in [-0.2, -0.15) is 0 Å². The van der Waals surface area contributed by atoms with Crippen LogP contribution < -0.4 is 5.73 Å². The van der Waals surface area contributed by atoms with Crippen molar-refractivity contribution in [3.8, 4) is 0 Å². The summed E-state index contributed by atoms with van der Waals surface area (Å²) in [6.45, 7) is 0.860. The van der Waals surface area contributed by atoms with Crippen LogP contribution >= 0.6 is 24.2 Å². The lowest BCUT2D eigenvalue weighted by Gasteiger charge is -2.19. The fourth-order valence-electron chi connectivity index (χ4n) is 1.44. The molecule has 0 spiro atoms. The van der Waals surface area contributed by atoms with Gasteiger partial charge in [-0.15, -0.1) is 12.4 Å². The molecule has 1 unspecified atom stereocenters. The van der Waals surface area contributed by atoms with E-state index in [0.29, 0.717) is 5.25 Å². The SMILES string of the molecule is Cl.NC1=NCCC(c2ccccc2)S1. The molecule has 0 saturated carbocycles. The Kier molecular flexibility index (Phi) is 4.29. The molecule has 4 heteroatoms. The summed E-state index contributed by atoms with van der Waals surface area (Å²) in [6.07, 6.45) is 1.09. The smallest absolute Gasteiger partial charge is 0.154 e. The summed E-state index contributed by atoms with van der Waals surface area (Å²) in [4.78, 5) is 4.16. The van der Waals surface area contributed by atoms with Crippen molar-refractivity contribution in [2.24, 2.45) is 10.7 Å². The molecule has 0 radical (unpaired) electrons. The van der Waals surface area contributed by atoms with Gasteiger partial charge in [-0.05, 0) is 12.0 Å². The Morgan fingerprint density at radius 2 is 2.00 bits per heavy atom. The quantitative estimate of drug-likeness (QED) is 0.803. The number of benzene rings is 1. The van der Waals surface area contributed by atoms with Crippen LogP contribution in [0.15, 0.2) is 35.3 Å². The number of halogens is 1. The Morgan fingerprint density at radius 3 is 2.64 bits per heavy atom. The molecule has 1 atom stereocenters.